The number of nitriles is 1. The SMILES string of the molecule is CC(C)(N)CCc1cccc(CC#N)c1-c1ccccc1. The Morgan fingerprint density at radius 1 is 1.00 bits per heavy atom. The smallest absolute Gasteiger partial charge is 0.0669 e. The fourth-order valence-corrected chi connectivity index (χ4v) is 2.53. The van der Waals surface area contributed by atoms with Crippen LogP contribution in [0.2, 0.25) is 0 Å². The monoisotopic (exact) mass is 278 g/mol. The highest BCUT2D eigenvalue weighted by Gasteiger charge is 2.15. The van der Waals surface area contributed by atoms with Crippen LogP contribution in [0.25, 0.3) is 11.1 Å². The van der Waals surface area contributed by atoms with E-state index >= 15 is 0 Å². The van der Waals surface area contributed by atoms with Crippen molar-refractivity contribution in [2.45, 2.75) is 38.6 Å². The van der Waals surface area contributed by atoms with E-state index in [0.717, 1.165) is 18.4 Å². The van der Waals surface area contributed by atoms with Crippen molar-refractivity contribution in [3.8, 4) is 17.2 Å². The van der Waals surface area contributed by atoms with Gasteiger partial charge in [0.2, 0.25) is 0 Å². The van der Waals surface area contributed by atoms with Gasteiger partial charge in [0, 0.05) is 5.54 Å². The molecule has 0 saturated carbocycles. The van der Waals surface area contributed by atoms with Gasteiger partial charge in [0.1, 0.15) is 0 Å². The number of nitrogens with zero attached hydrogens (tertiary/aromatic N) is 1. The lowest BCUT2D eigenvalue weighted by atomic mass is 9.88. The topological polar surface area (TPSA) is 49.8 Å². The molecule has 0 aliphatic heterocycles. The van der Waals surface area contributed by atoms with Crippen LogP contribution in [0.5, 0.6) is 0 Å². The largest absolute Gasteiger partial charge is 0.326 e. The zero-order valence-electron chi connectivity index (χ0n) is 12.8. The normalized spacial score (nSPS) is 11.1. The second kappa shape index (κ2) is 6.56. The van der Waals surface area contributed by atoms with Gasteiger partial charge >= 0.3 is 0 Å². The molecular weight excluding hydrogens is 256 g/mol. The van der Waals surface area contributed by atoms with Crippen molar-refractivity contribution in [3.63, 3.8) is 0 Å². The van der Waals surface area contributed by atoms with Crippen LogP contribution in [-0.2, 0) is 12.8 Å². The Morgan fingerprint density at radius 3 is 2.29 bits per heavy atom. The highest BCUT2D eigenvalue weighted by atomic mass is 14.7. The molecule has 108 valence electrons. The van der Waals surface area contributed by atoms with Gasteiger partial charge in [0.15, 0.2) is 0 Å². The third kappa shape index (κ3) is 4.18. The Morgan fingerprint density at radius 2 is 1.67 bits per heavy atom. The maximum atomic E-state index is 9.07. The number of hydrogen-bond acceptors (Lipinski definition) is 2. The van der Waals surface area contributed by atoms with Crippen LogP contribution in [0, 0.1) is 11.3 Å². The second-order valence-corrected chi connectivity index (χ2v) is 6.14. The summed E-state index contributed by atoms with van der Waals surface area (Å²) in [5, 5.41) is 9.07. The summed E-state index contributed by atoms with van der Waals surface area (Å²) in [6, 6.07) is 18.8. The summed E-state index contributed by atoms with van der Waals surface area (Å²) < 4.78 is 0. The van der Waals surface area contributed by atoms with E-state index in [-0.39, 0.29) is 5.54 Å². The Balaban J connectivity index is 2.45. The molecule has 2 rings (SSSR count). The summed E-state index contributed by atoms with van der Waals surface area (Å²) in [5.74, 6) is 0. The van der Waals surface area contributed by atoms with Crippen molar-refractivity contribution >= 4 is 0 Å². The average Bonchev–Trinajstić information content (AvgIpc) is 2.46. The Bertz CT molecular complexity index is 631. The van der Waals surface area contributed by atoms with Gasteiger partial charge in [-0.2, -0.15) is 5.26 Å². The van der Waals surface area contributed by atoms with Crippen LogP contribution >= 0.6 is 0 Å². The Kier molecular flexibility index (Phi) is 4.77. The molecule has 2 heteroatoms. The minimum absolute atomic E-state index is 0.181. The van der Waals surface area contributed by atoms with Gasteiger partial charge in [-0.25, -0.2) is 0 Å². The molecule has 2 nitrogen and oxygen atoms in total. The summed E-state index contributed by atoms with van der Waals surface area (Å²) in [5.41, 5.74) is 10.7. The average molecular weight is 278 g/mol. The lowest BCUT2D eigenvalue weighted by molar-refractivity contribution is 0.477. The van der Waals surface area contributed by atoms with Gasteiger partial charge in [-0.1, -0.05) is 48.5 Å². The maximum Gasteiger partial charge on any atom is 0.0669 e. The summed E-state index contributed by atoms with van der Waals surface area (Å²) in [7, 11) is 0. The highest BCUT2D eigenvalue weighted by Crippen LogP contribution is 2.29. The molecule has 0 radical (unpaired) electrons. The first kappa shape index (κ1) is 15.3. The summed E-state index contributed by atoms with van der Waals surface area (Å²) in [6.07, 6.45) is 2.28. The van der Waals surface area contributed by atoms with Crippen molar-refractivity contribution in [1.82, 2.24) is 0 Å². The number of aryl methyl sites for hydroxylation is 1. The molecule has 0 atom stereocenters. The van der Waals surface area contributed by atoms with Crippen molar-refractivity contribution in [3.05, 3.63) is 59.7 Å². The van der Waals surface area contributed by atoms with Crippen molar-refractivity contribution in [2.75, 3.05) is 0 Å². The van der Waals surface area contributed by atoms with E-state index in [0.29, 0.717) is 6.42 Å². The summed E-state index contributed by atoms with van der Waals surface area (Å²) in [6.45, 7) is 4.10. The maximum absolute atomic E-state index is 9.07. The predicted molar refractivity (Wildman–Crippen MR) is 87.8 cm³/mol. The first-order valence-electron chi connectivity index (χ1n) is 7.33. The minimum Gasteiger partial charge on any atom is -0.326 e. The van der Waals surface area contributed by atoms with Gasteiger partial charge in [-0.3, -0.25) is 0 Å². The molecule has 0 unspecified atom stereocenters. The highest BCUT2D eigenvalue weighted by molar-refractivity contribution is 5.71. The molecule has 0 bridgehead atoms. The van der Waals surface area contributed by atoms with Gasteiger partial charge in [0.05, 0.1) is 12.5 Å². The Labute approximate surface area is 127 Å². The fourth-order valence-electron chi connectivity index (χ4n) is 2.53. The third-order valence-corrected chi connectivity index (χ3v) is 3.61. The van der Waals surface area contributed by atoms with E-state index in [1.54, 1.807) is 0 Å². The van der Waals surface area contributed by atoms with E-state index in [1.165, 1.54) is 16.7 Å². The second-order valence-electron chi connectivity index (χ2n) is 6.14. The van der Waals surface area contributed by atoms with Gasteiger partial charge < -0.3 is 5.73 Å². The molecule has 0 fully saturated rings. The molecule has 0 amide bonds. The van der Waals surface area contributed by atoms with Gasteiger partial charge in [0.25, 0.3) is 0 Å². The molecule has 0 aliphatic rings. The van der Waals surface area contributed by atoms with E-state index < -0.39 is 0 Å². The van der Waals surface area contributed by atoms with Crippen LogP contribution in [0.15, 0.2) is 48.5 Å². The van der Waals surface area contributed by atoms with Crippen LogP contribution in [0.3, 0.4) is 0 Å². The number of benzene rings is 2. The van der Waals surface area contributed by atoms with E-state index in [9.17, 15) is 0 Å². The molecule has 0 aromatic heterocycles. The molecule has 0 aliphatic carbocycles. The molecule has 0 saturated heterocycles. The molecule has 2 N–H and O–H groups in total. The van der Waals surface area contributed by atoms with Crippen molar-refractivity contribution in [1.29, 1.82) is 5.26 Å². The van der Waals surface area contributed by atoms with E-state index in [1.807, 2.05) is 44.2 Å². The minimum atomic E-state index is -0.181. The summed E-state index contributed by atoms with van der Waals surface area (Å²) in [4.78, 5) is 0. The lowest BCUT2D eigenvalue weighted by Crippen LogP contribution is -2.32. The zero-order valence-corrected chi connectivity index (χ0v) is 12.8. The van der Waals surface area contributed by atoms with Crippen LogP contribution in [-0.4, -0.2) is 5.54 Å². The summed E-state index contributed by atoms with van der Waals surface area (Å²) >= 11 is 0. The fraction of sp³-hybridized carbons (Fsp3) is 0.316. The molecule has 21 heavy (non-hydrogen) atoms. The quantitative estimate of drug-likeness (QED) is 0.895. The molecule has 2 aromatic carbocycles. The number of rotatable bonds is 5. The van der Waals surface area contributed by atoms with Crippen LogP contribution in [0.1, 0.15) is 31.4 Å². The lowest BCUT2D eigenvalue weighted by Gasteiger charge is -2.20. The Hall–Kier alpha value is -2.11. The third-order valence-electron chi connectivity index (χ3n) is 3.61. The molecule has 0 heterocycles. The zero-order chi connectivity index (χ0) is 15.3. The molecule has 0 spiro atoms. The van der Waals surface area contributed by atoms with Gasteiger partial charge in [-0.05, 0) is 48.9 Å². The first-order valence-corrected chi connectivity index (χ1v) is 7.33. The first-order chi connectivity index (χ1) is 10.0. The van der Waals surface area contributed by atoms with Crippen LogP contribution in [0.4, 0.5) is 0 Å². The molecule has 2 aromatic rings. The molecular formula is C19H22N2. The number of nitrogens with two attached hydrogens (primary N) is 1. The van der Waals surface area contributed by atoms with E-state index in [2.05, 4.69) is 24.3 Å². The van der Waals surface area contributed by atoms with Gasteiger partial charge in [-0.15, -0.1) is 0 Å². The number of hydrogen-bond donors (Lipinski definition) is 1. The van der Waals surface area contributed by atoms with E-state index in [4.69, 9.17) is 11.0 Å². The van der Waals surface area contributed by atoms with Crippen molar-refractivity contribution < 1.29 is 0 Å². The standard InChI is InChI=1S/C19H22N2/c1-19(2,21)13-11-16-9-6-10-17(12-14-20)18(16)15-7-4-3-5-8-15/h3-10H,11-13,21H2,1-2H3. The van der Waals surface area contributed by atoms with Crippen molar-refractivity contribution in [2.24, 2.45) is 5.73 Å². The van der Waals surface area contributed by atoms with Crippen LogP contribution < -0.4 is 5.73 Å². The predicted octanol–water partition coefficient (Wildman–Crippen LogP) is 4.09.